The molecule has 0 N–H and O–H groups in total. The smallest absolute Gasteiger partial charge is 0.290 e. The topological polar surface area (TPSA) is 63.6 Å². The van der Waals surface area contributed by atoms with Crippen molar-refractivity contribution in [2.45, 2.75) is 12.8 Å². The highest BCUT2D eigenvalue weighted by Crippen LogP contribution is 2.06. The molecule has 1 amide bonds. The molecule has 14 heavy (non-hydrogen) atoms. The molecular weight excluding hydrogens is 182 g/mol. The van der Waals surface area contributed by atoms with E-state index in [1.54, 1.807) is 24.3 Å². The molecule has 0 saturated heterocycles. The molecule has 0 aliphatic rings. The van der Waals surface area contributed by atoms with Crippen LogP contribution < -0.4 is 0 Å². The normalized spacial score (nSPS) is 9.43. The van der Waals surface area contributed by atoms with Gasteiger partial charge in [0.15, 0.2) is 0 Å². The SMILES string of the molecule is O=CCc1cccc(CC(=O)N=O)c1. The van der Waals surface area contributed by atoms with Gasteiger partial charge in [0.2, 0.25) is 0 Å². The molecule has 0 aliphatic carbocycles. The van der Waals surface area contributed by atoms with E-state index in [0.717, 1.165) is 11.8 Å². The summed E-state index contributed by atoms with van der Waals surface area (Å²) >= 11 is 0. The van der Waals surface area contributed by atoms with Crippen molar-refractivity contribution in [3.05, 3.63) is 40.3 Å². The van der Waals surface area contributed by atoms with Crippen molar-refractivity contribution >= 4 is 12.2 Å². The van der Waals surface area contributed by atoms with Crippen LogP contribution in [0.15, 0.2) is 29.4 Å². The summed E-state index contributed by atoms with van der Waals surface area (Å²) in [5.74, 6) is -0.701. The van der Waals surface area contributed by atoms with Crippen molar-refractivity contribution in [2.24, 2.45) is 5.18 Å². The third-order valence-electron chi connectivity index (χ3n) is 1.77. The number of nitroso groups, excluding NO2 is 1. The van der Waals surface area contributed by atoms with Gasteiger partial charge in [0.25, 0.3) is 5.91 Å². The summed E-state index contributed by atoms with van der Waals surface area (Å²) < 4.78 is 0. The molecule has 0 heterocycles. The molecular formula is C10H9NO3. The molecule has 1 aromatic rings. The predicted molar refractivity (Wildman–Crippen MR) is 50.7 cm³/mol. The average molecular weight is 191 g/mol. The van der Waals surface area contributed by atoms with Crippen LogP contribution in [0, 0.1) is 4.91 Å². The Labute approximate surface area is 80.9 Å². The van der Waals surface area contributed by atoms with Gasteiger partial charge < -0.3 is 4.79 Å². The fourth-order valence-electron chi connectivity index (χ4n) is 1.17. The van der Waals surface area contributed by atoms with Crippen LogP contribution in [0.5, 0.6) is 0 Å². The maximum atomic E-state index is 10.7. The summed E-state index contributed by atoms with van der Waals surface area (Å²) in [5, 5.41) is 2.30. The Kier molecular flexibility index (Phi) is 3.67. The minimum atomic E-state index is -0.701. The van der Waals surface area contributed by atoms with Crippen LogP contribution in [-0.4, -0.2) is 12.2 Å². The summed E-state index contributed by atoms with van der Waals surface area (Å²) in [6.07, 6.45) is 1.10. The summed E-state index contributed by atoms with van der Waals surface area (Å²) in [5.41, 5.74) is 1.53. The lowest BCUT2D eigenvalue weighted by molar-refractivity contribution is -0.117. The summed E-state index contributed by atoms with van der Waals surface area (Å²) in [6.45, 7) is 0. The van der Waals surface area contributed by atoms with Gasteiger partial charge in [0.1, 0.15) is 6.29 Å². The average Bonchev–Trinajstić information content (AvgIpc) is 2.19. The van der Waals surface area contributed by atoms with Crippen molar-refractivity contribution in [2.75, 3.05) is 0 Å². The number of rotatable bonds is 4. The zero-order valence-corrected chi connectivity index (χ0v) is 7.47. The van der Waals surface area contributed by atoms with Crippen molar-refractivity contribution in [3.63, 3.8) is 0 Å². The van der Waals surface area contributed by atoms with Crippen LogP contribution in [0.25, 0.3) is 0 Å². The number of carbonyl (C=O) groups excluding carboxylic acids is 2. The van der Waals surface area contributed by atoms with E-state index in [9.17, 15) is 14.5 Å². The Morgan fingerprint density at radius 2 is 2.07 bits per heavy atom. The fraction of sp³-hybridized carbons (Fsp3) is 0.200. The number of hydrogen-bond donors (Lipinski definition) is 0. The molecule has 1 aromatic carbocycles. The number of hydrogen-bond acceptors (Lipinski definition) is 3. The summed E-state index contributed by atoms with van der Waals surface area (Å²) in [4.78, 5) is 30.8. The molecule has 0 saturated carbocycles. The first-order valence-corrected chi connectivity index (χ1v) is 4.14. The second-order valence-electron chi connectivity index (χ2n) is 2.85. The summed E-state index contributed by atoms with van der Waals surface area (Å²) in [6, 6.07) is 6.97. The van der Waals surface area contributed by atoms with Gasteiger partial charge in [-0.2, -0.15) is 0 Å². The number of aldehydes is 1. The molecule has 0 aromatic heterocycles. The van der Waals surface area contributed by atoms with Gasteiger partial charge in [0, 0.05) is 11.6 Å². The quantitative estimate of drug-likeness (QED) is 0.531. The fourth-order valence-corrected chi connectivity index (χ4v) is 1.17. The molecule has 4 heteroatoms. The Morgan fingerprint density at radius 3 is 2.71 bits per heavy atom. The van der Waals surface area contributed by atoms with Crippen LogP contribution in [0.2, 0.25) is 0 Å². The largest absolute Gasteiger partial charge is 0.303 e. The highest BCUT2D eigenvalue weighted by atomic mass is 16.3. The monoisotopic (exact) mass is 191 g/mol. The highest BCUT2D eigenvalue weighted by molar-refractivity contribution is 5.79. The molecule has 0 atom stereocenters. The Morgan fingerprint density at radius 1 is 1.36 bits per heavy atom. The van der Waals surface area contributed by atoms with E-state index in [1.807, 2.05) is 0 Å². The van der Waals surface area contributed by atoms with E-state index in [1.165, 1.54) is 0 Å². The number of carbonyl (C=O) groups is 2. The molecule has 0 spiro atoms. The minimum Gasteiger partial charge on any atom is -0.303 e. The van der Waals surface area contributed by atoms with Crippen molar-refractivity contribution in [3.8, 4) is 0 Å². The van der Waals surface area contributed by atoms with E-state index in [4.69, 9.17) is 0 Å². The van der Waals surface area contributed by atoms with Crippen LogP contribution in [0.1, 0.15) is 11.1 Å². The lowest BCUT2D eigenvalue weighted by atomic mass is 10.1. The standard InChI is InChI=1S/C10H9NO3/c12-5-4-8-2-1-3-9(6-8)7-10(13)11-14/h1-3,5-6H,4,7H2. The number of amides is 1. The Hall–Kier alpha value is -1.84. The first-order chi connectivity index (χ1) is 6.76. The second-order valence-corrected chi connectivity index (χ2v) is 2.85. The second kappa shape index (κ2) is 5.01. The maximum Gasteiger partial charge on any atom is 0.290 e. The van der Waals surface area contributed by atoms with Gasteiger partial charge in [-0.3, -0.25) is 4.79 Å². The van der Waals surface area contributed by atoms with Crippen LogP contribution in [0.3, 0.4) is 0 Å². The van der Waals surface area contributed by atoms with Crippen LogP contribution in [-0.2, 0) is 22.4 Å². The van der Waals surface area contributed by atoms with Crippen LogP contribution >= 0.6 is 0 Å². The summed E-state index contributed by atoms with van der Waals surface area (Å²) in [7, 11) is 0. The van der Waals surface area contributed by atoms with Crippen molar-refractivity contribution < 1.29 is 9.59 Å². The third-order valence-corrected chi connectivity index (χ3v) is 1.77. The van der Waals surface area contributed by atoms with E-state index in [2.05, 4.69) is 5.18 Å². The van der Waals surface area contributed by atoms with E-state index in [-0.39, 0.29) is 6.42 Å². The van der Waals surface area contributed by atoms with E-state index in [0.29, 0.717) is 12.0 Å². The molecule has 0 unspecified atom stereocenters. The molecule has 4 nitrogen and oxygen atoms in total. The Bertz CT molecular complexity index is 360. The third kappa shape index (κ3) is 2.90. The molecule has 72 valence electrons. The zero-order valence-electron chi connectivity index (χ0n) is 7.47. The van der Waals surface area contributed by atoms with Gasteiger partial charge in [-0.25, -0.2) is 0 Å². The van der Waals surface area contributed by atoms with Crippen molar-refractivity contribution in [1.29, 1.82) is 0 Å². The molecule has 0 aliphatic heterocycles. The maximum absolute atomic E-state index is 10.7. The molecule has 0 bridgehead atoms. The van der Waals surface area contributed by atoms with E-state index >= 15 is 0 Å². The van der Waals surface area contributed by atoms with Crippen molar-refractivity contribution in [1.82, 2.24) is 0 Å². The van der Waals surface area contributed by atoms with Gasteiger partial charge in [-0.15, -0.1) is 4.91 Å². The molecule has 0 radical (unpaired) electrons. The van der Waals surface area contributed by atoms with Crippen LogP contribution in [0.4, 0.5) is 0 Å². The van der Waals surface area contributed by atoms with Gasteiger partial charge in [0.05, 0.1) is 6.42 Å². The lowest BCUT2D eigenvalue weighted by Gasteiger charge is -1.99. The van der Waals surface area contributed by atoms with Gasteiger partial charge in [-0.1, -0.05) is 24.3 Å². The minimum absolute atomic E-state index is 0.00377. The molecule has 0 fully saturated rings. The van der Waals surface area contributed by atoms with E-state index < -0.39 is 5.91 Å². The lowest BCUT2D eigenvalue weighted by Crippen LogP contribution is -1.98. The number of nitrogens with zero attached hydrogens (tertiary/aromatic N) is 1. The molecule has 1 rings (SSSR count). The first-order valence-electron chi connectivity index (χ1n) is 4.14. The predicted octanol–water partition coefficient (Wildman–Crippen LogP) is 1.26. The zero-order chi connectivity index (χ0) is 10.4. The van der Waals surface area contributed by atoms with Gasteiger partial charge >= 0.3 is 0 Å². The van der Waals surface area contributed by atoms with Gasteiger partial charge in [-0.05, 0) is 11.1 Å². The number of benzene rings is 1. The highest BCUT2D eigenvalue weighted by Gasteiger charge is 2.03. The Balaban J connectivity index is 2.77. The first kappa shape index (κ1) is 10.2.